The van der Waals surface area contributed by atoms with E-state index < -0.39 is 11.2 Å². The number of nitrogens with zero attached hydrogens (tertiary/aromatic N) is 1. The van der Waals surface area contributed by atoms with E-state index in [4.69, 9.17) is 11.6 Å². The van der Waals surface area contributed by atoms with Gasteiger partial charge in [-0.15, -0.1) is 0 Å². The van der Waals surface area contributed by atoms with Crippen molar-refractivity contribution in [3.05, 3.63) is 54.1 Å². The minimum absolute atomic E-state index is 0.150. The fourth-order valence-corrected chi connectivity index (χ4v) is 2.56. The van der Waals surface area contributed by atoms with Gasteiger partial charge in [0.25, 0.3) is 5.56 Å². The molecule has 0 atom stereocenters. The first-order valence-electron chi connectivity index (χ1n) is 5.87. The lowest BCUT2D eigenvalue weighted by atomic mass is 10.1. The smallest absolute Gasteiger partial charge is 0.335 e. The Labute approximate surface area is 128 Å². The number of halogens is 2. The van der Waals surface area contributed by atoms with Crippen molar-refractivity contribution in [1.82, 2.24) is 9.55 Å². The third kappa shape index (κ3) is 2.41. The van der Waals surface area contributed by atoms with Gasteiger partial charge in [-0.3, -0.25) is 9.78 Å². The van der Waals surface area contributed by atoms with Crippen LogP contribution in [0.2, 0.25) is 5.02 Å². The minimum atomic E-state index is -0.722. The Hall–Kier alpha value is -1.53. The maximum atomic E-state index is 12.0. The Bertz CT molecular complexity index is 780. The number of hydrogen-bond acceptors (Lipinski definition) is 3. The van der Waals surface area contributed by atoms with Crippen LogP contribution >= 0.6 is 27.5 Å². The van der Waals surface area contributed by atoms with Gasteiger partial charge in [-0.05, 0) is 34.0 Å². The van der Waals surface area contributed by atoms with E-state index in [1.54, 1.807) is 32.0 Å². The molecule has 0 aliphatic carbocycles. The van der Waals surface area contributed by atoms with Gasteiger partial charge in [0, 0.05) is 0 Å². The van der Waals surface area contributed by atoms with Crippen molar-refractivity contribution < 1.29 is 5.11 Å². The highest BCUT2D eigenvalue weighted by molar-refractivity contribution is 9.10. The van der Waals surface area contributed by atoms with Crippen molar-refractivity contribution in [1.29, 1.82) is 0 Å². The standard InChI is InChI=1S/C13H12BrClN2O3/c1-6(2)9-11(18)16-13(20)17(12(9)19)8-5-3-4-7(15)10(8)14/h3-6,19H,1-2H3,(H,16,18,20). The molecule has 0 amide bonds. The SMILES string of the molecule is CC(C)c1c(O)n(-c2cccc(Cl)c2Br)c(=O)[nH]c1=O. The van der Waals surface area contributed by atoms with Crippen molar-refractivity contribution in [2.24, 2.45) is 0 Å². The van der Waals surface area contributed by atoms with E-state index in [1.165, 1.54) is 0 Å². The third-order valence-corrected chi connectivity index (χ3v) is 4.25. The maximum Gasteiger partial charge on any atom is 0.335 e. The molecule has 5 nitrogen and oxygen atoms in total. The molecule has 2 aromatic rings. The molecule has 1 aromatic heterocycles. The van der Waals surface area contributed by atoms with Crippen LogP contribution in [0.15, 0.2) is 32.3 Å². The summed E-state index contributed by atoms with van der Waals surface area (Å²) in [6, 6.07) is 4.90. The van der Waals surface area contributed by atoms with Crippen LogP contribution in [-0.4, -0.2) is 14.7 Å². The zero-order valence-corrected chi connectivity index (χ0v) is 13.1. The first-order chi connectivity index (χ1) is 9.34. The molecule has 7 heteroatoms. The van der Waals surface area contributed by atoms with E-state index in [0.717, 1.165) is 4.57 Å². The molecular weight excluding hydrogens is 348 g/mol. The molecular formula is C13H12BrClN2O3. The molecule has 0 aliphatic heterocycles. The Morgan fingerprint density at radius 3 is 2.60 bits per heavy atom. The number of aromatic amines is 1. The summed E-state index contributed by atoms with van der Waals surface area (Å²) in [5.74, 6) is -0.611. The number of benzene rings is 1. The van der Waals surface area contributed by atoms with Crippen molar-refractivity contribution in [3.63, 3.8) is 0 Å². The van der Waals surface area contributed by atoms with Gasteiger partial charge in [0.15, 0.2) is 0 Å². The first kappa shape index (κ1) is 14.9. The highest BCUT2D eigenvalue weighted by atomic mass is 79.9. The second kappa shape index (κ2) is 5.46. The Morgan fingerprint density at radius 2 is 2.00 bits per heavy atom. The average molecular weight is 360 g/mol. The van der Waals surface area contributed by atoms with Crippen LogP contribution in [0.25, 0.3) is 5.69 Å². The maximum absolute atomic E-state index is 12.0. The second-order valence-electron chi connectivity index (χ2n) is 4.56. The fourth-order valence-electron chi connectivity index (χ4n) is 1.95. The molecule has 1 heterocycles. The predicted molar refractivity (Wildman–Crippen MR) is 81.1 cm³/mol. The van der Waals surface area contributed by atoms with Crippen LogP contribution < -0.4 is 11.2 Å². The van der Waals surface area contributed by atoms with Gasteiger partial charge in [-0.1, -0.05) is 31.5 Å². The van der Waals surface area contributed by atoms with Gasteiger partial charge in [0.2, 0.25) is 5.88 Å². The van der Waals surface area contributed by atoms with Crippen LogP contribution in [0, 0.1) is 0 Å². The number of hydrogen-bond donors (Lipinski definition) is 2. The summed E-state index contributed by atoms with van der Waals surface area (Å²) < 4.78 is 1.48. The molecule has 0 radical (unpaired) electrons. The quantitative estimate of drug-likeness (QED) is 0.866. The highest BCUT2D eigenvalue weighted by Gasteiger charge is 2.19. The summed E-state index contributed by atoms with van der Waals surface area (Å²) in [6.45, 7) is 3.51. The lowest BCUT2D eigenvalue weighted by Crippen LogP contribution is -2.32. The van der Waals surface area contributed by atoms with Crippen molar-refractivity contribution in [3.8, 4) is 11.6 Å². The molecule has 0 saturated heterocycles. The van der Waals surface area contributed by atoms with Gasteiger partial charge >= 0.3 is 5.69 Å². The summed E-state index contributed by atoms with van der Waals surface area (Å²) in [5, 5.41) is 10.7. The summed E-state index contributed by atoms with van der Waals surface area (Å²) in [5.41, 5.74) is -0.800. The molecule has 0 unspecified atom stereocenters. The largest absolute Gasteiger partial charge is 0.494 e. The van der Waals surface area contributed by atoms with Crippen LogP contribution in [0.4, 0.5) is 0 Å². The van der Waals surface area contributed by atoms with E-state index in [9.17, 15) is 14.7 Å². The highest BCUT2D eigenvalue weighted by Crippen LogP contribution is 2.31. The van der Waals surface area contributed by atoms with E-state index in [2.05, 4.69) is 20.9 Å². The molecule has 1 aromatic carbocycles. The number of nitrogens with one attached hydrogen (secondary N) is 1. The molecule has 0 bridgehead atoms. The predicted octanol–water partition coefficient (Wildman–Crippen LogP) is 2.77. The van der Waals surface area contributed by atoms with Crippen LogP contribution in [0.1, 0.15) is 25.3 Å². The molecule has 2 rings (SSSR count). The Balaban J connectivity index is 2.88. The van der Waals surface area contributed by atoms with Crippen LogP contribution in [-0.2, 0) is 0 Å². The van der Waals surface area contributed by atoms with Gasteiger partial charge in [-0.25, -0.2) is 9.36 Å². The van der Waals surface area contributed by atoms with E-state index >= 15 is 0 Å². The number of aromatic nitrogens is 2. The molecule has 0 saturated carbocycles. The van der Waals surface area contributed by atoms with Crippen molar-refractivity contribution in [2.45, 2.75) is 19.8 Å². The lowest BCUT2D eigenvalue weighted by Gasteiger charge is -2.14. The zero-order valence-electron chi connectivity index (χ0n) is 10.8. The van der Waals surface area contributed by atoms with Crippen molar-refractivity contribution >= 4 is 27.5 Å². The monoisotopic (exact) mass is 358 g/mol. The molecule has 20 heavy (non-hydrogen) atoms. The second-order valence-corrected chi connectivity index (χ2v) is 5.76. The van der Waals surface area contributed by atoms with Crippen molar-refractivity contribution in [2.75, 3.05) is 0 Å². The Kier molecular flexibility index (Phi) is 4.06. The summed E-state index contributed by atoms with van der Waals surface area (Å²) in [6.07, 6.45) is 0. The van der Waals surface area contributed by atoms with E-state index in [0.29, 0.717) is 15.2 Å². The third-order valence-electron chi connectivity index (χ3n) is 2.87. The molecule has 2 N–H and O–H groups in total. The lowest BCUT2D eigenvalue weighted by molar-refractivity contribution is 0.419. The number of H-pyrrole nitrogens is 1. The summed E-state index contributed by atoms with van der Waals surface area (Å²) in [7, 11) is 0. The topological polar surface area (TPSA) is 75.1 Å². The zero-order chi connectivity index (χ0) is 15.0. The first-order valence-corrected chi connectivity index (χ1v) is 7.04. The number of rotatable bonds is 2. The van der Waals surface area contributed by atoms with Gasteiger partial charge in [0.1, 0.15) is 0 Å². The molecule has 0 fully saturated rings. The summed E-state index contributed by atoms with van der Waals surface area (Å²) in [4.78, 5) is 26.0. The van der Waals surface area contributed by atoms with Gasteiger partial charge < -0.3 is 5.11 Å². The minimum Gasteiger partial charge on any atom is -0.494 e. The molecule has 0 aliphatic rings. The van der Waals surface area contributed by atoms with E-state index in [-0.39, 0.29) is 17.4 Å². The Morgan fingerprint density at radius 1 is 1.35 bits per heavy atom. The normalized spacial score (nSPS) is 11.1. The van der Waals surface area contributed by atoms with Crippen LogP contribution in [0.5, 0.6) is 5.88 Å². The number of aromatic hydroxyl groups is 1. The molecule has 0 spiro atoms. The van der Waals surface area contributed by atoms with E-state index in [1.807, 2.05) is 0 Å². The van der Waals surface area contributed by atoms with Gasteiger partial charge in [0.05, 0.1) is 20.7 Å². The fraction of sp³-hybridized carbons (Fsp3) is 0.231. The van der Waals surface area contributed by atoms with Gasteiger partial charge in [-0.2, -0.15) is 0 Å². The summed E-state index contributed by atoms with van der Waals surface area (Å²) >= 11 is 9.26. The average Bonchev–Trinajstić information content (AvgIpc) is 2.33. The van der Waals surface area contributed by atoms with Crippen LogP contribution in [0.3, 0.4) is 0 Å². The molecule has 106 valence electrons.